The normalized spacial score (nSPS) is 10.1. The molecular weight excluding hydrogens is 255 g/mol. The molecule has 4 heteroatoms. The number of nitrogens with zero attached hydrogens (tertiary/aromatic N) is 1. The lowest BCUT2D eigenvalue weighted by molar-refractivity contribution is 0.304. The summed E-state index contributed by atoms with van der Waals surface area (Å²) in [5.74, 6) is 0.187. The van der Waals surface area contributed by atoms with Crippen molar-refractivity contribution in [1.29, 1.82) is 5.26 Å². The van der Waals surface area contributed by atoms with Gasteiger partial charge in [-0.3, -0.25) is 0 Å². The minimum atomic E-state index is -0.312. The van der Waals surface area contributed by atoms with Gasteiger partial charge in [0.1, 0.15) is 18.2 Å². The van der Waals surface area contributed by atoms with Crippen LogP contribution >= 0.6 is 0 Å². The fraction of sp³-hybridized carbons (Fsp3) is 0.188. The Morgan fingerprint density at radius 1 is 1.15 bits per heavy atom. The fourth-order valence-electron chi connectivity index (χ4n) is 1.85. The van der Waals surface area contributed by atoms with Gasteiger partial charge in [0.25, 0.3) is 0 Å². The van der Waals surface area contributed by atoms with Crippen molar-refractivity contribution in [2.24, 2.45) is 0 Å². The molecule has 20 heavy (non-hydrogen) atoms. The van der Waals surface area contributed by atoms with E-state index in [2.05, 4.69) is 11.4 Å². The highest BCUT2D eigenvalue weighted by molar-refractivity contribution is 5.32. The number of hydrogen-bond donors (Lipinski definition) is 1. The van der Waals surface area contributed by atoms with Crippen molar-refractivity contribution in [1.82, 2.24) is 5.32 Å². The van der Waals surface area contributed by atoms with Gasteiger partial charge in [0, 0.05) is 12.6 Å². The van der Waals surface area contributed by atoms with Crippen LogP contribution in [0.1, 0.15) is 16.7 Å². The van der Waals surface area contributed by atoms with E-state index in [-0.39, 0.29) is 5.82 Å². The number of nitriles is 1. The van der Waals surface area contributed by atoms with Gasteiger partial charge in [-0.1, -0.05) is 12.1 Å². The maximum atomic E-state index is 13.4. The predicted octanol–water partition coefficient (Wildman–Crippen LogP) is 3.00. The summed E-state index contributed by atoms with van der Waals surface area (Å²) in [4.78, 5) is 0. The summed E-state index contributed by atoms with van der Waals surface area (Å²) < 4.78 is 19.0. The molecule has 2 aromatic rings. The maximum absolute atomic E-state index is 13.4. The molecule has 0 amide bonds. The lowest BCUT2D eigenvalue weighted by atomic mass is 10.1. The van der Waals surface area contributed by atoms with Crippen molar-refractivity contribution in [2.75, 3.05) is 7.05 Å². The highest BCUT2D eigenvalue weighted by Gasteiger charge is 2.02. The Balaban J connectivity index is 2.04. The van der Waals surface area contributed by atoms with Gasteiger partial charge in [-0.2, -0.15) is 5.26 Å². The molecule has 0 aliphatic rings. The van der Waals surface area contributed by atoms with E-state index >= 15 is 0 Å². The average molecular weight is 270 g/mol. The van der Waals surface area contributed by atoms with Crippen LogP contribution in [0.3, 0.4) is 0 Å². The standard InChI is InChI=1S/C16H15FN2O/c1-19-10-14-6-15(17)8-16(7-14)20-11-13-4-2-12(9-18)3-5-13/h2-8,19H,10-11H2,1H3. The first-order valence-corrected chi connectivity index (χ1v) is 6.27. The van der Waals surface area contributed by atoms with Crippen LogP contribution < -0.4 is 10.1 Å². The Labute approximate surface area is 117 Å². The first-order valence-electron chi connectivity index (χ1n) is 6.27. The van der Waals surface area contributed by atoms with Crippen LogP contribution in [0, 0.1) is 17.1 Å². The van der Waals surface area contributed by atoms with Crippen LogP contribution in [-0.4, -0.2) is 7.05 Å². The van der Waals surface area contributed by atoms with Crippen molar-refractivity contribution < 1.29 is 9.13 Å². The third-order valence-corrected chi connectivity index (χ3v) is 2.80. The smallest absolute Gasteiger partial charge is 0.127 e. The molecule has 3 nitrogen and oxygen atoms in total. The third-order valence-electron chi connectivity index (χ3n) is 2.80. The molecule has 0 atom stereocenters. The second-order valence-corrected chi connectivity index (χ2v) is 4.42. The SMILES string of the molecule is CNCc1cc(F)cc(OCc2ccc(C#N)cc2)c1. The quantitative estimate of drug-likeness (QED) is 0.908. The molecular formula is C16H15FN2O. The van der Waals surface area contributed by atoms with Gasteiger partial charge in [0.2, 0.25) is 0 Å². The summed E-state index contributed by atoms with van der Waals surface area (Å²) in [6.07, 6.45) is 0. The largest absolute Gasteiger partial charge is 0.489 e. The molecule has 0 heterocycles. The number of hydrogen-bond acceptors (Lipinski definition) is 3. The minimum Gasteiger partial charge on any atom is -0.489 e. The first kappa shape index (κ1) is 14.0. The van der Waals surface area contributed by atoms with Crippen LogP contribution in [-0.2, 0) is 13.2 Å². The molecule has 2 rings (SSSR count). The molecule has 0 aromatic heterocycles. The monoisotopic (exact) mass is 270 g/mol. The van der Waals surface area contributed by atoms with Crippen molar-refractivity contribution in [2.45, 2.75) is 13.2 Å². The van der Waals surface area contributed by atoms with Crippen LogP contribution in [0.25, 0.3) is 0 Å². The predicted molar refractivity (Wildman–Crippen MR) is 74.7 cm³/mol. The number of ether oxygens (including phenoxy) is 1. The molecule has 0 fully saturated rings. The van der Waals surface area contributed by atoms with Crippen molar-refractivity contribution in [3.63, 3.8) is 0 Å². The van der Waals surface area contributed by atoms with Crippen LogP contribution in [0.15, 0.2) is 42.5 Å². The van der Waals surface area contributed by atoms with E-state index in [1.165, 1.54) is 12.1 Å². The second kappa shape index (κ2) is 6.69. The Bertz CT molecular complexity index is 617. The first-order chi connectivity index (χ1) is 9.71. The van der Waals surface area contributed by atoms with Crippen LogP contribution in [0.2, 0.25) is 0 Å². The van der Waals surface area contributed by atoms with Gasteiger partial charge < -0.3 is 10.1 Å². The van der Waals surface area contributed by atoms with E-state index in [4.69, 9.17) is 10.00 Å². The molecule has 0 saturated heterocycles. The van der Waals surface area contributed by atoms with Crippen molar-refractivity contribution in [3.05, 3.63) is 65.0 Å². The molecule has 0 aliphatic carbocycles. The Morgan fingerprint density at radius 3 is 2.55 bits per heavy atom. The van der Waals surface area contributed by atoms with Gasteiger partial charge >= 0.3 is 0 Å². The lowest BCUT2D eigenvalue weighted by Gasteiger charge is -2.09. The molecule has 0 aliphatic heterocycles. The fourth-order valence-corrected chi connectivity index (χ4v) is 1.85. The van der Waals surface area contributed by atoms with E-state index in [0.717, 1.165) is 11.1 Å². The summed E-state index contributed by atoms with van der Waals surface area (Å²) in [5, 5.41) is 11.7. The highest BCUT2D eigenvalue weighted by atomic mass is 19.1. The van der Waals surface area contributed by atoms with Gasteiger partial charge in [0.15, 0.2) is 0 Å². The van der Waals surface area contributed by atoms with Crippen LogP contribution in [0.4, 0.5) is 4.39 Å². The summed E-state index contributed by atoms with van der Waals surface area (Å²) in [6.45, 7) is 0.930. The number of rotatable bonds is 5. The Morgan fingerprint density at radius 2 is 1.90 bits per heavy atom. The van der Waals surface area contributed by atoms with Gasteiger partial charge in [-0.05, 0) is 42.4 Å². The number of benzene rings is 2. The lowest BCUT2D eigenvalue weighted by Crippen LogP contribution is -2.06. The van der Waals surface area contributed by atoms with E-state index in [9.17, 15) is 4.39 Å². The Kier molecular flexibility index (Phi) is 4.70. The van der Waals surface area contributed by atoms with Crippen molar-refractivity contribution in [3.8, 4) is 11.8 Å². The average Bonchev–Trinajstić information content (AvgIpc) is 2.45. The van der Waals surface area contributed by atoms with E-state index in [1.54, 1.807) is 12.1 Å². The highest BCUT2D eigenvalue weighted by Crippen LogP contribution is 2.18. The Hall–Kier alpha value is -2.38. The zero-order valence-corrected chi connectivity index (χ0v) is 11.2. The summed E-state index contributed by atoms with van der Waals surface area (Å²) in [6, 6.07) is 13.8. The molecule has 2 aromatic carbocycles. The van der Waals surface area contributed by atoms with Gasteiger partial charge in [0.05, 0.1) is 11.6 Å². The molecule has 1 N–H and O–H groups in total. The zero-order valence-electron chi connectivity index (χ0n) is 11.2. The summed E-state index contributed by atoms with van der Waals surface area (Å²) in [7, 11) is 1.81. The van der Waals surface area contributed by atoms with E-state index in [0.29, 0.717) is 24.5 Å². The molecule has 0 spiro atoms. The second-order valence-electron chi connectivity index (χ2n) is 4.42. The minimum absolute atomic E-state index is 0.312. The molecule has 102 valence electrons. The summed E-state index contributed by atoms with van der Waals surface area (Å²) >= 11 is 0. The zero-order chi connectivity index (χ0) is 14.4. The molecule has 0 bridgehead atoms. The molecule has 0 unspecified atom stereocenters. The molecule has 0 saturated carbocycles. The van der Waals surface area contributed by atoms with E-state index < -0.39 is 0 Å². The van der Waals surface area contributed by atoms with Crippen LogP contribution in [0.5, 0.6) is 5.75 Å². The number of halogens is 1. The van der Waals surface area contributed by atoms with E-state index in [1.807, 2.05) is 25.2 Å². The topological polar surface area (TPSA) is 45.0 Å². The number of nitrogens with one attached hydrogen (secondary N) is 1. The van der Waals surface area contributed by atoms with Gasteiger partial charge in [-0.25, -0.2) is 4.39 Å². The third kappa shape index (κ3) is 3.81. The van der Waals surface area contributed by atoms with Crippen molar-refractivity contribution >= 4 is 0 Å². The van der Waals surface area contributed by atoms with Gasteiger partial charge in [-0.15, -0.1) is 0 Å². The maximum Gasteiger partial charge on any atom is 0.127 e. The summed E-state index contributed by atoms with van der Waals surface area (Å²) in [5.41, 5.74) is 2.38. The molecule has 0 radical (unpaired) electrons.